The highest BCUT2D eigenvalue weighted by Gasteiger charge is 2.56. The van der Waals surface area contributed by atoms with Gasteiger partial charge in [0.15, 0.2) is 0 Å². The molecular weight excluding hydrogens is 361 g/mol. The smallest absolute Gasteiger partial charge is 0.324 e. The molecule has 1 nitrogen and oxygen atoms in total. The summed E-state index contributed by atoms with van der Waals surface area (Å²) >= 11 is 0. The van der Waals surface area contributed by atoms with E-state index in [9.17, 15) is 0 Å². The minimum absolute atomic E-state index is 0.313. The molecule has 4 saturated carbocycles. The van der Waals surface area contributed by atoms with Crippen LogP contribution in [0.2, 0.25) is 0 Å². The van der Waals surface area contributed by atoms with Gasteiger partial charge in [-0.15, -0.1) is 0 Å². The van der Waals surface area contributed by atoms with Gasteiger partial charge in [0.25, 0.3) is 0 Å². The minimum atomic E-state index is 0.313. The molecule has 0 unspecified atom stereocenters. The second kappa shape index (κ2) is 6.26. The van der Waals surface area contributed by atoms with E-state index in [0.717, 1.165) is 17.8 Å². The Morgan fingerprint density at radius 2 is 1.20 bits per heavy atom. The first kappa shape index (κ1) is 17.2. The van der Waals surface area contributed by atoms with E-state index in [1.165, 1.54) is 66.3 Å². The van der Waals surface area contributed by atoms with Crippen molar-refractivity contribution < 1.29 is 0 Å². The summed E-state index contributed by atoms with van der Waals surface area (Å²) < 4.78 is 0. The van der Waals surface area contributed by atoms with E-state index in [1.807, 2.05) is 0 Å². The lowest BCUT2D eigenvalue weighted by molar-refractivity contribution is 0.00272. The summed E-state index contributed by atoms with van der Waals surface area (Å²) in [6, 6.07) is 29.7. The first-order valence-electron chi connectivity index (χ1n) is 11.8. The topological polar surface area (TPSA) is 3.24 Å². The molecule has 3 aromatic rings. The zero-order chi connectivity index (χ0) is 19.7. The summed E-state index contributed by atoms with van der Waals surface area (Å²) in [6.45, 7) is 0.313. The van der Waals surface area contributed by atoms with Crippen molar-refractivity contribution in [3.8, 4) is 11.1 Å². The summed E-state index contributed by atoms with van der Waals surface area (Å²) in [6.07, 6.45) is 8.63. The number of nitrogens with zero attached hydrogens (tertiary/aromatic N) is 1. The Morgan fingerprint density at radius 1 is 0.633 bits per heavy atom. The molecule has 0 amide bonds. The van der Waals surface area contributed by atoms with Crippen LogP contribution in [0.1, 0.15) is 38.5 Å². The Balaban J connectivity index is 1.49. The van der Waals surface area contributed by atoms with Crippen LogP contribution >= 0.6 is 0 Å². The number of fused-ring (bicyclic) bond motifs is 3. The number of rotatable bonds is 2. The molecule has 4 fully saturated rings. The van der Waals surface area contributed by atoms with E-state index in [4.69, 9.17) is 0 Å². The molecule has 0 radical (unpaired) electrons. The normalized spacial score (nSPS) is 30.9. The van der Waals surface area contributed by atoms with Gasteiger partial charge in [-0.3, -0.25) is 0 Å². The predicted molar refractivity (Wildman–Crippen MR) is 127 cm³/mol. The van der Waals surface area contributed by atoms with Crippen LogP contribution in [-0.4, -0.2) is 12.4 Å². The van der Waals surface area contributed by atoms with Gasteiger partial charge >= 0.3 is 6.85 Å². The summed E-state index contributed by atoms with van der Waals surface area (Å²) in [5.41, 5.74) is 7.55. The van der Waals surface area contributed by atoms with Gasteiger partial charge in [0.1, 0.15) is 0 Å². The molecule has 0 spiro atoms. The molecule has 4 aliphatic carbocycles. The van der Waals surface area contributed by atoms with Gasteiger partial charge in [-0.05, 0) is 73.4 Å². The molecule has 5 aliphatic rings. The predicted octanol–water partition coefficient (Wildman–Crippen LogP) is 5.25. The van der Waals surface area contributed by atoms with Gasteiger partial charge in [-0.2, -0.15) is 0 Å². The Bertz CT molecular complexity index is 1070. The first-order chi connectivity index (χ1) is 14.8. The molecule has 1 aliphatic heterocycles. The highest BCUT2D eigenvalue weighted by Crippen LogP contribution is 2.59. The van der Waals surface area contributed by atoms with Crippen molar-refractivity contribution >= 4 is 23.5 Å². The van der Waals surface area contributed by atoms with Gasteiger partial charge in [-0.1, -0.05) is 78.3 Å². The first-order valence-corrected chi connectivity index (χ1v) is 11.8. The van der Waals surface area contributed by atoms with Crippen LogP contribution in [0, 0.1) is 17.8 Å². The SMILES string of the molecule is c1ccc(B2c3ccccc3-c3ccccc3N2C23CC4CC(CC(C4)C2)C3)cc1. The Kier molecular flexibility index (Phi) is 3.60. The van der Waals surface area contributed by atoms with Crippen LogP contribution in [0.25, 0.3) is 11.1 Å². The summed E-state index contributed by atoms with van der Waals surface area (Å²) in [7, 11) is 0. The fraction of sp³-hybridized carbons (Fsp3) is 0.357. The van der Waals surface area contributed by atoms with Gasteiger partial charge < -0.3 is 4.81 Å². The average molecular weight is 389 g/mol. The molecule has 148 valence electrons. The largest absolute Gasteiger partial charge is 0.401 e. The van der Waals surface area contributed by atoms with Crippen LogP contribution in [0.3, 0.4) is 0 Å². The van der Waals surface area contributed by atoms with Crippen LogP contribution < -0.4 is 15.7 Å². The van der Waals surface area contributed by atoms with Crippen molar-refractivity contribution in [2.45, 2.75) is 44.1 Å². The van der Waals surface area contributed by atoms with E-state index < -0.39 is 0 Å². The van der Waals surface area contributed by atoms with E-state index in [1.54, 1.807) is 0 Å². The zero-order valence-electron chi connectivity index (χ0n) is 17.5. The average Bonchev–Trinajstić information content (AvgIpc) is 2.78. The second-order valence-electron chi connectivity index (χ2n) is 10.4. The molecule has 30 heavy (non-hydrogen) atoms. The molecule has 0 atom stereocenters. The van der Waals surface area contributed by atoms with Crippen molar-refractivity contribution in [1.82, 2.24) is 0 Å². The summed E-state index contributed by atoms with van der Waals surface area (Å²) in [4.78, 5) is 2.92. The van der Waals surface area contributed by atoms with Crippen molar-refractivity contribution in [3.05, 3.63) is 78.9 Å². The van der Waals surface area contributed by atoms with Gasteiger partial charge in [0.2, 0.25) is 0 Å². The fourth-order valence-corrected chi connectivity index (χ4v) is 8.02. The molecule has 0 aromatic heterocycles. The molecule has 8 rings (SSSR count). The van der Waals surface area contributed by atoms with E-state index in [2.05, 4.69) is 83.7 Å². The standard InChI is InChI=1S/C28H28BN/c1-2-8-23(9-3-1)29-26-12-6-4-10-24(26)25-11-5-7-13-27(25)30(29)28-17-20-14-21(18-28)16-22(15-20)19-28/h1-13,20-22H,14-19H2. The Morgan fingerprint density at radius 3 is 1.90 bits per heavy atom. The maximum atomic E-state index is 2.92. The molecule has 0 saturated heterocycles. The van der Waals surface area contributed by atoms with Gasteiger partial charge in [0, 0.05) is 16.8 Å². The highest BCUT2D eigenvalue weighted by atomic mass is 15.2. The lowest BCUT2D eigenvalue weighted by Gasteiger charge is -2.63. The van der Waals surface area contributed by atoms with Gasteiger partial charge in [-0.25, -0.2) is 0 Å². The molecule has 1 heterocycles. The zero-order valence-corrected chi connectivity index (χ0v) is 17.5. The fourth-order valence-electron chi connectivity index (χ4n) is 8.02. The number of hydrogen-bond donors (Lipinski definition) is 0. The van der Waals surface area contributed by atoms with Crippen molar-refractivity contribution in [2.24, 2.45) is 17.8 Å². The Labute approximate surface area is 180 Å². The maximum absolute atomic E-state index is 2.92. The van der Waals surface area contributed by atoms with E-state index >= 15 is 0 Å². The molecule has 3 aromatic carbocycles. The quantitative estimate of drug-likeness (QED) is 0.542. The minimum Gasteiger partial charge on any atom is -0.401 e. The van der Waals surface area contributed by atoms with Crippen LogP contribution in [0.5, 0.6) is 0 Å². The number of benzene rings is 3. The van der Waals surface area contributed by atoms with Crippen molar-refractivity contribution in [3.63, 3.8) is 0 Å². The van der Waals surface area contributed by atoms with Gasteiger partial charge in [0.05, 0.1) is 0 Å². The molecule has 0 N–H and O–H groups in total. The van der Waals surface area contributed by atoms with Crippen LogP contribution in [0.4, 0.5) is 5.69 Å². The molecular formula is C28H28BN. The number of hydrogen-bond acceptors (Lipinski definition) is 1. The summed E-state index contributed by atoms with van der Waals surface area (Å²) in [5.74, 6) is 2.83. The van der Waals surface area contributed by atoms with Crippen molar-refractivity contribution in [1.29, 1.82) is 0 Å². The summed E-state index contributed by atoms with van der Waals surface area (Å²) in [5, 5.41) is 0. The van der Waals surface area contributed by atoms with Crippen LogP contribution in [0.15, 0.2) is 78.9 Å². The third kappa shape index (κ3) is 2.37. The third-order valence-corrected chi connectivity index (χ3v) is 8.60. The lowest BCUT2D eigenvalue weighted by atomic mass is 9.41. The third-order valence-electron chi connectivity index (χ3n) is 8.60. The monoisotopic (exact) mass is 389 g/mol. The van der Waals surface area contributed by atoms with E-state index in [-0.39, 0.29) is 0 Å². The van der Waals surface area contributed by atoms with Crippen LogP contribution in [-0.2, 0) is 0 Å². The Hall–Kier alpha value is -2.48. The maximum Gasteiger partial charge on any atom is 0.324 e. The van der Waals surface area contributed by atoms with Crippen molar-refractivity contribution in [2.75, 3.05) is 4.81 Å². The highest BCUT2D eigenvalue weighted by molar-refractivity contribution is 6.90. The molecule has 4 bridgehead atoms. The molecule has 2 heteroatoms. The number of para-hydroxylation sites is 1. The lowest BCUT2D eigenvalue weighted by Crippen LogP contribution is -2.71. The second-order valence-corrected chi connectivity index (χ2v) is 10.4. The number of anilines is 1. The van der Waals surface area contributed by atoms with E-state index in [0.29, 0.717) is 12.4 Å².